The van der Waals surface area contributed by atoms with Crippen LogP contribution in [0.1, 0.15) is 33.6 Å². The first-order valence-corrected chi connectivity index (χ1v) is 6.54. The van der Waals surface area contributed by atoms with Gasteiger partial charge in [-0.1, -0.05) is 0 Å². The minimum absolute atomic E-state index is 0.0174. The van der Waals surface area contributed by atoms with Gasteiger partial charge in [-0.05, 0) is 33.1 Å². The largest absolute Gasteiger partial charge is 0.366 e. The van der Waals surface area contributed by atoms with Gasteiger partial charge in [-0.3, -0.25) is 9.59 Å². The zero-order chi connectivity index (χ0) is 13.8. The Labute approximate surface area is 109 Å². The van der Waals surface area contributed by atoms with Crippen LogP contribution < -0.4 is 5.32 Å². The van der Waals surface area contributed by atoms with Crippen molar-refractivity contribution in [1.29, 1.82) is 0 Å². The molecule has 0 aliphatic carbocycles. The summed E-state index contributed by atoms with van der Waals surface area (Å²) in [6, 6.07) is 0. The molecule has 0 unspecified atom stereocenters. The van der Waals surface area contributed by atoms with E-state index in [0.717, 1.165) is 13.0 Å². The predicted octanol–water partition coefficient (Wildman–Crippen LogP) is 0.786. The fourth-order valence-corrected chi connectivity index (χ4v) is 2.35. The summed E-state index contributed by atoms with van der Waals surface area (Å²) in [5, 5.41) is 2.62. The molecule has 5 nitrogen and oxygen atoms in total. The maximum Gasteiger partial charge on any atom is 0.254 e. The molecule has 0 radical (unpaired) electrons. The van der Waals surface area contributed by atoms with E-state index in [1.54, 1.807) is 20.9 Å². The number of carbonyl (C=O) groups excluding carboxylic acids is 2. The maximum absolute atomic E-state index is 12.3. The van der Waals surface area contributed by atoms with Crippen LogP contribution in [0.15, 0.2) is 0 Å². The van der Waals surface area contributed by atoms with Gasteiger partial charge in [0.25, 0.3) is 5.91 Å². The van der Waals surface area contributed by atoms with Gasteiger partial charge in [0, 0.05) is 33.2 Å². The van der Waals surface area contributed by atoms with Crippen LogP contribution in [-0.4, -0.2) is 49.1 Å². The average molecular weight is 256 g/mol. The number of nitrogens with zero attached hydrogens (tertiary/aromatic N) is 1. The van der Waals surface area contributed by atoms with Gasteiger partial charge < -0.3 is 15.0 Å². The second-order valence-corrected chi connectivity index (χ2v) is 5.23. The summed E-state index contributed by atoms with van der Waals surface area (Å²) < 4.78 is 5.47. The lowest BCUT2D eigenvalue weighted by Gasteiger charge is -2.29. The molecule has 1 aliphatic heterocycles. The first-order chi connectivity index (χ1) is 8.40. The van der Waals surface area contributed by atoms with Gasteiger partial charge in [0.15, 0.2) is 0 Å². The molecule has 1 heterocycles. The monoisotopic (exact) mass is 256 g/mol. The van der Waals surface area contributed by atoms with Gasteiger partial charge in [-0.15, -0.1) is 0 Å². The molecule has 0 aromatic rings. The van der Waals surface area contributed by atoms with E-state index in [0.29, 0.717) is 19.6 Å². The Morgan fingerprint density at radius 2 is 2.11 bits per heavy atom. The Hall–Kier alpha value is -1.10. The van der Waals surface area contributed by atoms with Crippen LogP contribution in [0, 0.1) is 5.92 Å². The van der Waals surface area contributed by atoms with Crippen LogP contribution in [0.2, 0.25) is 0 Å². The van der Waals surface area contributed by atoms with E-state index >= 15 is 0 Å². The summed E-state index contributed by atoms with van der Waals surface area (Å²) in [6.07, 6.45) is 1.39. The predicted molar refractivity (Wildman–Crippen MR) is 69.1 cm³/mol. The summed E-state index contributed by atoms with van der Waals surface area (Å²) >= 11 is 0. The second-order valence-electron chi connectivity index (χ2n) is 5.23. The molecule has 0 bridgehead atoms. The first-order valence-electron chi connectivity index (χ1n) is 6.54. The molecular weight excluding hydrogens is 232 g/mol. The van der Waals surface area contributed by atoms with Crippen LogP contribution in [0.4, 0.5) is 0 Å². The van der Waals surface area contributed by atoms with Crippen molar-refractivity contribution in [2.75, 3.05) is 26.7 Å². The van der Waals surface area contributed by atoms with E-state index in [1.165, 1.54) is 0 Å². The van der Waals surface area contributed by atoms with E-state index in [9.17, 15) is 9.59 Å². The number of rotatable bonds is 5. The van der Waals surface area contributed by atoms with Crippen LogP contribution in [0.3, 0.4) is 0 Å². The molecule has 1 N–H and O–H groups in total. The highest BCUT2D eigenvalue weighted by molar-refractivity contribution is 5.84. The minimum atomic E-state index is -0.767. The Morgan fingerprint density at radius 3 is 2.67 bits per heavy atom. The molecule has 18 heavy (non-hydrogen) atoms. The standard InChI is InChI=1S/C13H24N2O3/c1-5-18-13(2,3)12(17)15-7-6-10(9-15)8-11(16)14-4/h10H,5-9H2,1-4H3,(H,14,16)/t10-/m1/s1. The van der Waals surface area contributed by atoms with E-state index in [1.807, 2.05) is 11.8 Å². The van der Waals surface area contributed by atoms with Gasteiger partial charge in [0.2, 0.25) is 5.91 Å². The Balaban J connectivity index is 2.51. The molecule has 1 aliphatic rings. The number of hydrogen-bond acceptors (Lipinski definition) is 3. The molecule has 0 spiro atoms. The normalized spacial score (nSPS) is 20.0. The van der Waals surface area contributed by atoms with Crippen LogP contribution in [0.5, 0.6) is 0 Å². The fourth-order valence-electron chi connectivity index (χ4n) is 2.35. The average Bonchev–Trinajstić information content (AvgIpc) is 2.76. The maximum atomic E-state index is 12.3. The van der Waals surface area contributed by atoms with Crippen molar-refractivity contribution in [1.82, 2.24) is 10.2 Å². The number of likely N-dealkylation sites (tertiary alicyclic amines) is 1. The molecule has 1 rings (SSSR count). The number of amides is 2. The van der Waals surface area contributed by atoms with Gasteiger partial charge in [0.1, 0.15) is 5.60 Å². The minimum Gasteiger partial charge on any atom is -0.366 e. The molecule has 1 atom stereocenters. The van der Waals surface area contributed by atoms with Crippen molar-refractivity contribution < 1.29 is 14.3 Å². The highest BCUT2D eigenvalue weighted by Gasteiger charge is 2.36. The molecule has 0 saturated carbocycles. The third-order valence-electron chi connectivity index (χ3n) is 3.35. The number of ether oxygens (including phenoxy) is 1. The SMILES string of the molecule is CCOC(C)(C)C(=O)N1CC[C@H](CC(=O)NC)C1. The molecular formula is C13H24N2O3. The lowest BCUT2D eigenvalue weighted by atomic mass is 10.0. The zero-order valence-electron chi connectivity index (χ0n) is 11.8. The zero-order valence-corrected chi connectivity index (χ0v) is 11.8. The topological polar surface area (TPSA) is 58.6 Å². The highest BCUT2D eigenvalue weighted by atomic mass is 16.5. The molecule has 2 amide bonds. The molecule has 5 heteroatoms. The van der Waals surface area contributed by atoms with Gasteiger partial charge in [0.05, 0.1) is 0 Å². The molecule has 1 fully saturated rings. The lowest BCUT2D eigenvalue weighted by molar-refractivity contribution is -0.152. The van der Waals surface area contributed by atoms with Crippen molar-refractivity contribution in [3.63, 3.8) is 0 Å². The Kier molecular flexibility index (Phi) is 5.14. The summed E-state index contributed by atoms with van der Waals surface area (Å²) in [5.41, 5.74) is -0.767. The van der Waals surface area contributed by atoms with Crippen LogP contribution >= 0.6 is 0 Å². The molecule has 104 valence electrons. The van der Waals surface area contributed by atoms with E-state index in [2.05, 4.69) is 5.32 Å². The quantitative estimate of drug-likeness (QED) is 0.791. The summed E-state index contributed by atoms with van der Waals surface area (Å²) in [7, 11) is 1.64. The number of hydrogen-bond donors (Lipinski definition) is 1. The smallest absolute Gasteiger partial charge is 0.254 e. The van der Waals surface area contributed by atoms with E-state index < -0.39 is 5.60 Å². The van der Waals surface area contributed by atoms with Crippen LogP contribution in [0.25, 0.3) is 0 Å². The summed E-state index contributed by atoms with van der Waals surface area (Å²) in [6.45, 7) is 7.37. The van der Waals surface area contributed by atoms with Crippen molar-refractivity contribution in [3.8, 4) is 0 Å². The molecule has 0 aromatic carbocycles. The third-order valence-corrected chi connectivity index (χ3v) is 3.35. The van der Waals surface area contributed by atoms with Crippen molar-refractivity contribution in [2.24, 2.45) is 5.92 Å². The number of carbonyl (C=O) groups is 2. The number of nitrogens with one attached hydrogen (secondary N) is 1. The Bertz CT molecular complexity index is 315. The van der Waals surface area contributed by atoms with E-state index in [4.69, 9.17) is 4.74 Å². The third kappa shape index (κ3) is 3.70. The van der Waals surface area contributed by atoms with Crippen molar-refractivity contribution >= 4 is 11.8 Å². The van der Waals surface area contributed by atoms with Crippen molar-refractivity contribution in [3.05, 3.63) is 0 Å². The first kappa shape index (κ1) is 15.0. The molecule has 0 aromatic heterocycles. The van der Waals surface area contributed by atoms with Crippen molar-refractivity contribution in [2.45, 2.75) is 39.2 Å². The van der Waals surface area contributed by atoms with Gasteiger partial charge in [-0.2, -0.15) is 0 Å². The lowest BCUT2D eigenvalue weighted by Crippen LogP contribution is -2.46. The summed E-state index contributed by atoms with van der Waals surface area (Å²) in [4.78, 5) is 25.4. The Morgan fingerprint density at radius 1 is 1.44 bits per heavy atom. The second kappa shape index (κ2) is 6.18. The fraction of sp³-hybridized carbons (Fsp3) is 0.846. The van der Waals surface area contributed by atoms with Crippen LogP contribution in [-0.2, 0) is 14.3 Å². The van der Waals surface area contributed by atoms with Gasteiger partial charge in [-0.25, -0.2) is 0 Å². The summed E-state index contributed by atoms with van der Waals surface area (Å²) in [5.74, 6) is 0.327. The highest BCUT2D eigenvalue weighted by Crippen LogP contribution is 2.23. The van der Waals surface area contributed by atoms with E-state index in [-0.39, 0.29) is 17.7 Å². The van der Waals surface area contributed by atoms with Gasteiger partial charge >= 0.3 is 0 Å². The molecule has 1 saturated heterocycles.